The van der Waals surface area contributed by atoms with Crippen molar-refractivity contribution in [1.82, 2.24) is 14.9 Å². The van der Waals surface area contributed by atoms with Crippen LogP contribution in [0.3, 0.4) is 0 Å². The quantitative estimate of drug-likeness (QED) is 0.808. The van der Waals surface area contributed by atoms with Crippen LogP contribution in [0.1, 0.15) is 6.92 Å². The molecule has 1 saturated heterocycles. The minimum atomic E-state index is -0.789. The summed E-state index contributed by atoms with van der Waals surface area (Å²) < 4.78 is 5.35. The monoisotopic (exact) mass is 266 g/mol. The molecule has 0 aromatic carbocycles. The van der Waals surface area contributed by atoms with Crippen molar-refractivity contribution in [1.29, 1.82) is 0 Å². The summed E-state index contributed by atoms with van der Waals surface area (Å²) in [5, 5.41) is 8.75. The van der Waals surface area contributed by atoms with E-state index < -0.39 is 5.97 Å². The second kappa shape index (κ2) is 6.33. The lowest BCUT2D eigenvalue weighted by atomic mass is 10.3. The minimum absolute atomic E-state index is 0.0910. The van der Waals surface area contributed by atoms with Crippen molar-refractivity contribution in [3.8, 4) is 5.88 Å². The smallest absolute Gasteiger partial charge is 0.317 e. The standard InChI is InChI=1S/C12H18N4O3/c1-2-19-10-3-4-13-12(14-10)16-7-5-15(6-8-16)9-11(17)18/h3-4H,2,5-9H2,1H3,(H,17,18). The number of hydrogen-bond acceptors (Lipinski definition) is 6. The normalized spacial score (nSPS) is 16.4. The molecular weight excluding hydrogens is 248 g/mol. The number of carboxylic acid groups (broad SMARTS) is 1. The van der Waals surface area contributed by atoms with Gasteiger partial charge in [-0.3, -0.25) is 9.69 Å². The molecule has 1 aromatic heterocycles. The van der Waals surface area contributed by atoms with Crippen LogP contribution in [0.2, 0.25) is 0 Å². The topological polar surface area (TPSA) is 78.8 Å². The van der Waals surface area contributed by atoms with Gasteiger partial charge >= 0.3 is 5.97 Å². The predicted molar refractivity (Wildman–Crippen MR) is 69.5 cm³/mol. The molecule has 0 aliphatic carbocycles. The van der Waals surface area contributed by atoms with E-state index in [1.165, 1.54) is 0 Å². The maximum absolute atomic E-state index is 10.6. The average Bonchev–Trinajstić information content (AvgIpc) is 2.40. The summed E-state index contributed by atoms with van der Waals surface area (Å²) in [6.45, 7) is 5.43. The van der Waals surface area contributed by atoms with Crippen molar-refractivity contribution in [2.45, 2.75) is 6.92 Å². The first kappa shape index (κ1) is 13.5. The SMILES string of the molecule is CCOc1ccnc(N2CCN(CC(=O)O)CC2)n1. The van der Waals surface area contributed by atoms with Gasteiger partial charge in [0.25, 0.3) is 0 Å². The summed E-state index contributed by atoms with van der Waals surface area (Å²) in [6.07, 6.45) is 1.68. The molecule has 0 spiro atoms. The Kier molecular flexibility index (Phi) is 4.51. The highest BCUT2D eigenvalue weighted by molar-refractivity contribution is 5.69. The molecule has 0 unspecified atom stereocenters. The van der Waals surface area contributed by atoms with Crippen molar-refractivity contribution in [3.63, 3.8) is 0 Å². The third kappa shape index (κ3) is 3.78. The molecule has 1 aromatic rings. The molecule has 7 heteroatoms. The van der Waals surface area contributed by atoms with Crippen LogP contribution in [0.25, 0.3) is 0 Å². The summed E-state index contributed by atoms with van der Waals surface area (Å²) in [4.78, 5) is 23.2. The average molecular weight is 266 g/mol. The molecule has 2 heterocycles. The van der Waals surface area contributed by atoms with E-state index in [0.717, 1.165) is 13.1 Å². The van der Waals surface area contributed by atoms with Gasteiger partial charge in [0, 0.05) is 38.4 Å². The van der Waals surface area contributed by atoms with Crippen LogP contribution < -0.4 is 9.64 Å². The maximum atomic E-state index is 10.6. The van der Waals surface area contributed by atoms with Gasteiger partial charge in [0.1, 0.15) is 0 Å². The highest BCUT2D eigenvalue weighted by atomic mass is 16.5. The van der Waals surface area contributed by atoms with Crippen molar-refractivity contribution in [3.05, 3.63) is 12.3 Å². The Balaban J connectivity index is 1.93. The Morgan fingerprint density at radius 3 is 2.79 bits per heavy atom. The number of rotatable bonds is 5. The fourth-order valence-electron chi connectivity index (χ4n) is 2.01. The van der Waals surface area contributed by atoms with Crippen LogP contribution >= 0.6 is 0 Å². The Bertz CT molecular complexity index is 433. The van der Waals surface area contributed by atoms with Crippen molar-refractivity contribution in [2.24, 2.45) is 0 Å². The lowest BCUT2D eigenvalue weighted by Crippen LogP contribution is -2.48. The van der Waals surface area contributed by atoms with E-state index >= 15 is 0 Å². The Morgan fingerprint density at radius 1 is 1.42 bits per heavy atom. The third-order valence-electron chi connectivity index (χ3n) is 2.92. The summed E-state index contributed by atoms with van der Waals surface area (Å²) in [5.74, 6) is 0.421. The molecule has 1 fully saturated rings. The predicted octanol–water partition coefficient (Wildman–Crippen LogP) is 0.0819. The lowest BCUT2D eigenvalue weighted by Gasteiger charge is -2.33. The molecule has 0 saturated carbocycles. The molecule has 0 bridgehead atoms. The Hall–Kier alpha value is -1.89. The van der Waals surface area contributed by atoms with E-state index in [2.05, 4.69) is 9.97 Å². The van der Waals surface area contributed by atoms with E-state index in [1.54, 1.807) is 12.3 Å². The van der Waals surface area contributed by atoms with Crippen LogP contribution in [0.5, 0.6) is 5.88 Å². The number of aliphatic carboxylic acids is 1. The van der Waals surface area contributed by atoms with Crippen molar-refractivity contribution in [2.75, 3.05) is 44.2 Å². The second-order valence-corrected chi connectivity index (χ2v) is 4.28. The first-order chi connectivity index (χ1) is 9.19. The van der Waals surface area contributed by atoms with E-state index in [4.69, 9.17) is 9.84 Å². The van der Waals surface area contributed by atoms with Gasteiger partial charge < -0.3 is 14.7 Å². The molecule has 0 atom stereocenters. The fraction of sp³-hybridized carbons (Fsp3) is 0.583. The Morgan fingerprint density at radius 2 is 2.16 bits per heavy atom. The van der Waals surface area contributed by atoms with Crippen LogP contribution in [-0.4, -0.2) is 65.3 Å². The van der Waals surface area contributed by atoms with Gasteiger partial charge in [0.2, 0.25) is 11.8 Å². The third-order valence-corrected chi connectivity index (χ3v) is 2.92. The second-order valence-electron chi connectivity index (χ2n) is 4.28. The number of ether oxygens (including phenoxy) is 1. The van der Waals surface area contributed by atoms with Gasteiger partial charge in [0.15, 0.2) is 0 Å². The maximum Gasteiger partial charge on any atom is 0.317 e. The molecule has 104 valence electrons. The molecule has 0 amide bonds. The van der Waals surface area contributed by atoms with Crippen molar-refractivity contribution >= 4 is 11.9 Å². The lowest BCUT2D eigenvalue weighted by molar-refractivity contribution is -0.138. The summed E-state index contributed by atoms with van der Waals surface area (Å²) in [7, 11) is 0. The van der Waals surface area contributed by atoms with Gasteiger partial charge in [-0.15, -0.1) is 0 Å². The van der Waals surface area contributed by atoms with Gasteiger partial charge in [-0.2, -0.15) is 4.98 Å². The molecule has 19 heavy (non-hydrogen) atoms. The summed E-state index contributed by atoms with van der Waals surface area (Å²) >= 11 is 0. The zero-order valence-corrected chi connectivity index (χ0v) is 10.9. The number of hydrogen-bond donors (Lipinski definition) is 1. The van der Waals surface area contributed by atoms with Crippen LogP contribution in [-0.2, 0) is 4.79 Å². The van der Waals surface area contributed by atoms with Crippen LogP contribution in [0.15, 0.2) is 12.3 Å². The molecule has 0 radical (unpaired) electrons. The molecule has 2 rings (SSSR count). The molecule has 1 aliphatic rings. The number of piperazine rings is 1. The number of nitrogens with zero attached hydrogens (tertiary/aromatic N) is 4. The molecule has 7 nitrogen and oxygen atoms in total. The number of carboxylic acids is 1. The molecule has 1 aliphatic heterocycles. The van der Waals surface area contributed by atoms with Gasteiger partial charge in [-0.25, -0.2) is 4.98 Å². The zero-order valence-electron chi connectivity index (χ0n) is 10.9. The summed E-state index contributed by atoms with van der Waals surface area (Å²) in [6, 6.07) is 1.73. The highest BCUT2D eigenvalue weighted by Gasteiger charge is 2.20. The first-order valence-corrected chi connectivity index (χ1v) is 6.34. The minimum Gasteiger partial charge on any atom is -0.480 e. The highest BCUT2D eigenvalue weighted by Crippen LogP contribution is 2.14. The Labute approximate surface area is 111 Å². The van der Waals surface area contributed by atoms with Crippen molar-refractivity contribution < 1.29 is 14.6 Å². The van der Waals surface area contributed by atoms with Gasteiger partial charge in [-0.05, 0) is 6.92 Å². The molecule has 1 N–H and O–H groups in total. The largest absolute Gasteiger partial charge is 0.480 e. The van der Waals surface area contributed by atoms with Gasteiger partial charge in [0.05, 0.1) is 13.2 Å². The van der Waals surface area contributed by atoms with E-state index in [9.17, 15) is 4.79 Å². The molecular formula is C12H18N4O3. The number of anilines is 1. The number of aromatic nitrogens is 2. The fourth-order valence-corrected chi connectivity index (χ4v) is 2.01. The van der Waals surface area contributed by atoms with Gasteiger partial charge in [-0.1, -0.05) is 0 Å². The van der Waals surface area contributed by atoms with E-state index in [-0.39, 0.29) is 6.54 Å². The van der Waals surface area contributed by atoms with E-state index in [0.29, 0.717) is 31.5 Å². The number of carbonyl (C=O) groups is 1. The zero-order chi connectivity index (χ0) is 13.7. The van der Waals surface area contributed by atoms with E-state index in [1.807, 2.05) is 16.7 Å². The van der Waals surface area contributed by atoms with Crippen LogP contribution in [0, 0.1) is 0 Å². The summed E-state index contributed by atoms with van der Waals surface area (Å²) in [5.41, 5.74) is 0. The van der Waals surface area contributed by atoms with Crippen LogP contribution in [0.4, 0.5) is 5.95 Å². The first-order valence-electron chi connectivity index (χ1n) is 6.34.